The number of nitrogens with one attached hydrogen (secondary N) is 2. The van der Waals surface area contributed by atoms with Crippen LogP contribution in [0.2, 0.25) is 0 Å². The topological polar surface area (TPSA) is 67.1 Å². The molecule has 2 rings (SSSR count). The first-order valence-electron chi connectivity index (χ1n) is 8.62. The molecule has 0 radical (unpaired) electrons. The molecule has 6 nitrogen and oxygen atoms in total. The van der Waals surface area contributed by atoms with Crippen molar-refractivity contribution in [3.8, 4) is 0 Å². The molecule has 0 spiro atoms. The van der Waals surface area contributed by atoms with Crippen molar-refractivity contribution in [2.75, 3.05) is 7.05 Å². The number of aliphatic imine (C=N–C) groups is 1. The second-order valence-corrected chi connectivity index (χ2v) is 6.11. The Morgan fingerprint density at radius 3 is 2.87 bits per heavy atom. The Balaban J connectivity index is 0.00000264. The Morgan fingerprint density at radius 1 is 1.30 bits per heavy atom. The van der Waals surface area contributed by atoms with Crippen molar-refractivity contribution in [3.63, 3.8) is 0 Å². The number of aromatic nitrogens is 3. The fraction of sp³-hybridized carbons (Fsp3) is 0.812. The number of halogens is 1. The molecule has 0 saturated heterocycles. The monoisotopic (exact) mass is 434 g/mol. The summed E-state index contributed by atoms with van der Waals surface area (Å²) in [5.41, 5.74) is 0. The van der Waals surface area contributed by atoms with Gasteiger partial charge in [-0.25, -0.2) is 0 Å². The van der Waals surface area contributed by atoms with Crippen LogP contribution >= 0.6 is 24.0 Å². The van der Waals surface area contributed by atoms with Gasteiger partial charge in [-0.15, -0.1) is 34.2 Å². The molecule has 1 aromatic heterocycles. The number of nitrogens with zero attached hydrogens (tertiary/aromatic N) is 4. The van der Waals surface area contributed by atoms with Gasteiger partial charge >= 0.3 is 0 Å². The molecule has 1 aromatic rings. The second-order valence-electron chi connectivity index (χ2n) is 6.11. The molecule has 1 aliphatic rings. The summed E-state index contributed by atoms with van der Waals surface area (Å²) in [5.74, 6) is 2.97. The average Bonchev–Trinajstić information content (AvgIpc) is 3.12. The normalized spacial score (nSPS) is 15.0. The van der Waals surface area contributed by atoms with Crippen molar-refractivity contribution in [1.82, 2.24) is 25.4 Å². The fourth-order valence-electron chi connectivity index (χ4n) is 2.88. The summed E-state index contributed by atoms with van der Waals surface area (Å²) >= 11 is 0. The van der Waals surface area contributed by atoms with Crippen LogP contribution in [0.3, 0.4) is 0 Å². The van der Waals surface area contributed by atoms with E-state index in [4.69, 9.17) is 0 Å². The Morgan fingerprint density at radius 2 is 2.13 bits per heavy atom. The molecular weight excluding hydrogens is 403 g/mol. The van der Waals surface area contributed by atoms with Gasteiger partial charge in [0.2, 0.25) is 0 Å². The van der Waals surface area contributed by atoms with Crippen LogP contribution in [0, 0.1) is 0 Å². The zero-order valence-corrected chi connectivity index (χ0v) is 17.0. The van der Waals surface area contributed by atoms with Gasteiger partial charge < -0.3 is 15.2 Å². The summed E-state index contributed by atoms with van der Waals surface area (Å²) in [6.45, 7) is 6.18. The molecular formula is C16H31IN6. The van der Waals surface area contributed by atoms with Gasteiger partial charge in [-0.05, 0) is 19.8 Å². The smallest absolute Gasteiger partial charge is 0.191 e. The van der Waals surface area contributed by atoms with Crippen molar-refractivity contribution in [3.05, 3.63) is 11.6 Å². The van der Waals surface area contributed by atoms with Gasteiger partial charge in [0.1, 0.15) is 5.82 Å². The highest BCUT2D eigenvalue weighted by Gasteiger charge is 2.17. The SMILES string of the molecule is CCCCCCC(C)NC(=NC)NCc1nnc2n1CCC2.I. The first-order valence-corrected chi connectivity index (χ1v) is 8.62. The van der Waals surface area contributed by atoms with Gasteiger partial charge in [0.05, 0.1) is 6.54 Å². The lowest BCUT2D eigenvalue weighted by atomic mass is 10.1. The van der Waals surface area contributed by atoms with E-state index < -0.39 is 0 Å². The van der Waals surface area contributed by atoms with Crippen molar-refractivity contribution < 1.29 is 0 Å². The van der Waals surface area contributed by atoms with Gasteiger partial charge in [0.25, 0.3) is 0 Å². The fourth-order valence-corrected chi connectivity index (χ4v) is 2.88. The van der Waals surface area contributed by atoms with Gasteiger partial charge in [-0.3, -0.25) is 4.99 Å². The molecule has 1 atom stereocenters. The maximum Gasteiger partial charge on any atom is 0.191 e. The molecule has 0 aromatic carbocycles. The van der Waals surface area contributed by atoms with Gasteiger partial charge in [0, 0.05) is 26.1 Å². The number of unbranched alkanes of at least 4 members (excludes halogenated alkanes) is 3. The van der Waals surface area contributed by atoms with E-state index in [1.165, 1.54) is 38.5 Å². The number of fused-ring (bicyclic) bond motifs is 1. The summed E-state index contributed by atoms with van der Waals surface area (Å²) < 4.78 is 2.22. The van der Waals surface area contributed by atoms with E-state index in [-0.39, 0.29) is 24.0 Å². The summed E-state index contributed by atoms with van der Waals surface area (Å²) in [6, 6.07) is 0.437. The van der Waals surface area contributed by atoms with E-state index in [1.807, 2.05) is 7.05 Å². The molecule has 23 heavy (non-hydrogen) atoms. The third-order valence-corrected chi connectivity index (χ3v) is 4.20. The Kier molecular flexibility index (Phi) is 9.50. The lowest BCUT2D eigenvalue weighted by Gasteiger charge is -2.17. The number of guanidine groups is 1. The second kappa shape index (κ2) is 10.8. The van der Waals surface area contributed by atoms with Gasteiger partial charge in [0.15, 0.2) is 11.8 Å². The number of rotatable bonds is 8. The maximum absolute atomic E-state index is 4.30. The molecule has 7 heteroatoms. The quantitative estimate of drug-likeness (QED) is 0.286. The Hall–Kier alpha value is -0.860. The summed E-state index contributed by atoms with van der Waals surface area (Å²) in [6.07, 6.45) is 8.62. The lowest BCUT2D eigenvalue weighted by molar-refractivity contribution is 0.535. The third-order valence-electron chi connectivity index (χ3n) is 4.20. The Bertz CT molecular complexity index is 485. The predicted molar refractivity (Wildman–Crippen MR) is 105 cm³/mol. The minimum absolute atomic E-state index is 0. The minimum atomic E-state index is 0. The highest BCUT2D eigenvalue weighted by molar-refractivity contribution is 14.0. The highest BCUT2D eigenvalue weighted by atomic mass is 127. The van der Waals surface area contributed by atoms with Gasteiger partial charge in [-0.2, -0.15) is 0 Å². The third kappa shape index (κ3) is 6.27. The van der Waals surface area contributed by atoms with Gasteiger partial charge in [-0.1, -0.05) is 32.6 Å². The molecule has 132 valence electrons. The largest absolute Gasteiger partial charge is 0.354 e. The van der Waals surface area contributed by atoms with Crippen LogP contribution < -0.4 is 10.6 Å². The van der Waals surface area contributed by atoms with E-state index in [9.17, 15) is 0 Å². The van der Waals surface area contributed by atoms with Crippen molar-refractivity contribution in [1.29, 1.82) is 0 Å². The predicted octanol–water partition coefficient (Wildman–Crippen LogP) is 2.87. The van der Waals surface area contributed by atoms with Crippen LogP contribution in [0.5, 0.6) is 0 Å². The van der Waals surface area contributed by atoms with Crippen molar-refractivity contribution >= 4 is 29.9 Å². The minimum Gasteiger partial charge on any atom is -0.354 e. The molecule has 0 fully saturated rings. The van der Waals surface area contributed by atoms with E-state index in [2.05, 4.69) is 44.2 Å². The zero-order valence-electron chi connectivity index (χ0n) is 14.6. The molecule has 2 N–H and O–H groups in total. The molecule has 2 heterocycles. The first kappa shape index (κ1) is 20.2. The number of hydrogen-bond donors (Lipinski definition) is 2. The van der Waals surface area contributed by atoms with E-state index >= 15 is 0 Å². The molecule has 0 aliphatic carbocycles. The molecule has 0 amide bonds. The number of hydrogen-bond acceptors (Lipinski definition) is 3. The standard InChI is InChI=1S/C16H30N6.HI/c1-4-5-6-7-9-13(2)19-16(17-3)18-12-15-21-20-14-10-8-11-22(14)15;/h13H,4-12H2,1-3H3,(H2,17,18,19);1H. The van der Waals surface area contributed by atoms with Crippen LogP contribution in [-0.2, 0) is 19.5 Å². The van der Waals surface area contributed by atoms with E-state index in [1.54, 1.807) is 0 Å². The van der Waals surface area contributed by atoms with Crippen LogP contribution in [-0.4, -0.2) is 33.8 Å². The molecule has 1 aliphatic heterocycles. The summed E-state index contributed by atoms with van der Waals surface area (Å²) in [5, 5.41) is 15.3. The zero-order chi connectivity index (χ0) is 15.8. The van der Waals surface area contributed by atoms with Crippen molar-refractivity contribution in [2.24, 2.45) is 4.99 Å². The Labute approximate surface area is 157 Å². The lowest BCUT2D eigenvalue weighted by Crippen LogP contribution is -2.42. The summed E-state index contributed by atoms with van der Waals surface area (Å²) in [7, 11) is 1.81. The summed E-state index contributed by atoms with van der Waals surface area (Å²) in [4.78, 5) is 4.30. The molecule has 0 saturated carbocycles. The first-order chi connectivity index (χ1) is 10.7. The average molecular weight is 434 g/mol. The maximum atomic E-state index is 4.30. The van der Waals surface area contributed by atoms with E-state index in [0.717, 1.165) is 30.6 Å². The van der Waals surface area contributed by atoms with Crippen LogP contribution in [0.15, 0.2) is 4.99 Å². The molecule has 0 bridgehead atoms. The van der Waals surface area contributed by atoms with Crippen LogP contribution in [0.1, 0.15) is 64.0 Å². The highest BCUT2D eigenvalue weighted by Crippen LogP contribution is 2.13. The number of aryl methyl sites for hydroxylation is 1. The van der Waals surface area contributed by atoms with Crippen molar-refractivity contribution in [2.45, 2.75) is 77.9 Å². The van der Waals surface area contributed by atoms with Crippen LogP contribution in [0.4, 0.5) is 0 Å². The van der Waals surface area contributed by atoms with Crippen LogP contribution in [0.25, 0.3) is 0 Å². The van der Waals surface area contributed by atoms with E-state index in [0.29, 0.717) is 12.6 Å². The molecule has 1 unspecified atom stereocenters.